The summed E-state index contributed by atoms with van der Waals surface area (Å²) in [5, 5.41) is 3.21. The Morgan fingerprint density at radius 3 is 2.72 bits per heavy atom. The van der Waals surface area contributed by atoms with E-state index in [2.05, 4.69) is 11.6 Å². The van der Waals surface area contributed by atoms with Crippen LogP contribution in [0.25, 0.3) is 0 Å². The minimum atomic E-state index is -0.437. The van der Waals surface area contributed by atoms with E-state index in [0.717, 1.165) is 13.0 Å². The molecule has 0 aliphatic rings. The van der Waals surface area contributed by atoms with E-state index in [9.17, 15) is 4.39 Å². The van der Waals surface area contributed by atoms with Gasteiger partial charge < -0.3 is 11.1 Å². The zero-order valence-corrected chi connectivity index (χ0v) is 12.2. The van der Waals surface area contributed by atoms with Crippen LogP contribution in [0.15, 0.2) is 12.1 Å². The Hall–Kier alpha value is -0.610. The lowest BCUT2D eigenvalue weighted by molar-refractivity contribution is 0.628. The first-order valence-electron chi connectivity index (χ1n) is 6.12. The van der Waals surface area contributed by atoms with E-state index in [1.807, 2.05) is 11.8 Å². The van der Waals surface area contributed by atoms with Crippen LogP contribution in [0.1, 0.15) is 25.7 Å². The molecule has 0 aliphatic carbocycles. The Bertz CT molecular complexity index is 374. The molecular formula is C13H20ClFN2S. The van der Waals surface area contributed by atoms with Gasteiger partial charge in [0.05, 0.1) is 16.4 Å². The molecule has 0 aromatic heterocycles. The molecule has 0 saturated heterocycles. The van der Waals surface area contributed by atoms with Gasteiger partial charge in [-0.3, -0.25) is 0 Å². The normalized spacial score (nSPS) is 10.6. The predicted octanol–water partition coefficient (Wildman–Crippen LogP) is 4.40. The highest BCUT2D eigenvalue weighted by molar-refractivity contribution is 7.98. The fraction of sp³-hybridized carbons (Fsp3) is 0.538. The molecule has 102 valence electrons. The first-order chi connectivity index (χ1) is 8.65. The van der Waals surface area contributed by atoms with Crippen molar-refractivity contribution >= 4 is 34.7 Å². The number of halogens is 2. The molecule has 5 heteroatoms. The second-order valence-corrected chi connectivity index (χ2v) is 5.58. The van der Waals surface area contributed by atoms with Crippen LogP contribution in [0.2, 0.25) is 5.02 Å². The fourth-order valence-electron chi connectivity index (χ4n) is 1.66. The first-order valence-corrected chi connectivity index (χ1v) is 7.89. The highest BCUT2D eigenvalue weighted by Crippen LogP contribution is 2.26. The summed E-state index contributed by atoms with van der Waals surface area (Å²) in [6.45, 7) is 0.810. The van der Waals surface area contributed by atoms with Crippen molar-refractivity contribution in [1.29, 1.82) is 0 Å². The summed E-state index contributed by atoms with van der Waals surface area (Å²) in [4.78, 5) is 0. The minimum Gasteiger partial charge on any atom is -0.397 e. The summed E-state index contributed by atoms with van der Waals surface area (Å²) in [7, 11) is 0. The topological polar surface area (TPSA) is 38.0 Å². The van der Waals surface area contributed by atoms with E-state index in [1.165, 1.54) is 37.1 Å². The van der Waals surface area contributed by atoms with Crippen LogP contribution in [0.3, 0.4) is 0 Å². The van der Waals surface area contributed by atoms with Crippen molar-refractivity contribution < 1.29 is 4.39 Å². The summed E-state index contributed by atoms with van der Waals surface area (Å²) in [5.41, 5.74) is 6.87. The molecule has 0 atom stereocenters. The van der Waals surface area contributed by atoms with E-state index in [0.29, 0.717) is 11.4 Å². The standard InChI is InChI=1S/C13H20ClFN2S/c1-18-7-5-3-2-4-6-17-13-9-11(15)10(14)8-12(13)16/h8-9,17H,2-7,16H2,1H3. The maximum Gasteiger partial charge on any atom is 0.143 e. The molecule has 2 nitrogen and oxygen atoms in total. The van der Waals surface area contributed by atoms with E-state index >= 15 is 0 Å². The van der Waals surface area contributed by atoms with Crippen molar-refractivity contribution in [3.05, 3.63) is 23.0 Å². The van der Waals surface area contributed by atoms with Crippen LogP contribution < -0.4 is 11.1 Å². The van der Waals surface area contributed by atoms with Gasteiger partial charge in [-0.15, -0.1) is 0 Å². The number of benzene rings is 1. The molecule has 0 bridgehead atoms. The third-order valence-corrected chi connectivity index (χ3v) is 3.67. The number of unbranched alkanes of at least 4 members (excludes halogenated alkanes) is 3. The molecule has 0 unspecified atom stereocenters. The molecule has 18 heavy (non-hydrogen) atoms. The summed E-state index contributed by atoms with van der Waals surface area (Å²) < 4.78 is 13.2. The number of hydrogen-bond acceptors (Lipinski definition) is 3. The quantitative estimate of drug-likeness (QED) is 0.550. The van der Waals surface area contributed by atoms with Gasteiger partial charge in [0.2, 0.25) is 0 Å². The van der Waals surface area contributed by atoms with Crippen molar-refractivity contribution in [2.45, 2.75) is 25.7 Å². The van der Waals surface area contributed by atoms with Gasteiger partial charge in [0, 0.05) is 12.6 Å². The van der Waals surface area contributed by atoms with E-state index in [4.69, 9.17) is 17.3 Å². The summed E-state index contributed by atoms with van der Waals surface area (Å²) in [5.74, 6) is 0.788. The SMILES string of the molecule is CSCCCCCCNc1cc(F)c(Cl)cc1N. The lowest BCUT2D eigenvalue weighted by Crippen LogP contribution is -2.05. The van der Waals surface area contributed by atoms with E-state index in [1.54, 1.807) is 0 Å². The van der Waals surface area contributed by atoms with Gasteiger partial charge >= 0.3 is 0 Å². The average molecular weight is 291 g/mol. The minimum absolute atomic E-state index is 0.0649. The van der Waals surface area contributed by atoms with E-state index in [-0.39, 0.29) is 5.02 Å². The molecule has 1 aromatic rings. The second-order valence-electron chi connectivity index (χ2n) is 4.19. The summed E-state index contributed by atoms with van der Waals surface area (Å²) in [6.07, 6.45) is 6.88. The highest BCUT2D eigenvalue weighted by atomic mass is 35.5. The fourth-order valence-corrected chi connectivity index (χ4v) is 2.33. The molecule has 3 N–H and O–H groups in total. The van der Waals surface area contributed by atoms with E-state index < -0.39 is 5.82 Å². The molecule has 1 aromatic carbocycles. The van der Waals surface area contributed by atoms with Gasteiger partial charge in [-0.05, 0) is 30.9 Å². The van der Waals surface area contributed by atoms with Crippen molar-refractivity contribution in [2.24, 2.45) is 0 Å². The highest BCUT2D eigenvalue weighted by Gasteiger charge is 2.05. The van der Waals surface area contributed by atoms with Crippen LogP contribution in [-0.4, -0.2) is 18.6 Å². The lowest BCUT2D eigenvalue weighted by Gasteiger charge is -2.10. The number of rotatable bonds is 8. The number of hydrogen-bond donors (Lipinski definition) is 2. The smallest absolute Gasteiger partial charge is 0.143 e. The van der Waals surface area contributed by atoms with Crippen LogP contribution in [0, 0.1) is 5.82 Å². The number of anilines is 2. The van der Waals surface area contributed by atoms with Gasteiger partial charge in [0.25, 0.3) is 0 Å². The molecule has 0 amide bonds. The molecule has 0 spiro atoms. The Labute approximate surface area is 117 Å². The molecule has 0 saturated carbocycles. The predicted molar refractivity (Wildman–Crippen MR) is 81.2 cm³/mol. The van der Waals surface area contributed by atoms with Crippen LogP contribution >= 0.6 is 23.4 Å². The number of nitrogen functional groups attached to an aromatic ring is 1. The Morgan fingerprint density at radius 2 is 2.00 bits per heavy atom. The summed E-state index contributed by atoms with van der Waals surface area (Å²) in [6, 6.07) is 2.79. The molecule has 1 rings (SSSR count). The van der Waals surface area contributed by atoms with Crippen molar-refractivity contribution in [1.82, 2.24) is 0 Å². The number of nitrogens with two attached hydrogens (primary N) is 1. The first kappa shape index (κ1) is 15.4. The maximum atomic E-state index is 13.2. The zero-order valence-electron chi connectivity index (χ0n) is 10.6. The van der Waals surface area contributed by atoms with Crippen LogP contribution in [-0.2, 0) is 0 Å². The molecule has 0 heterocycles. The third kappa shape index (κ3) is 5.36. The molecule has 0 fully saturated rings. The van der Waals surface area contributed by atoms with Crippen molar-refractivity contribution in [3.8, 4) is 0 Å². The van der Waals surface area contributed by atoms with Crippen molar-refractivity contribution in [2.75, 3.05) is 29.6 Å². The molecular weight excluding hydrogens is 271 g/mol. The average Bonchev–Trinajstić information content (AvgIpc) is 2.34. The third-order valence-electron chi connectivity index (χ3n) is 2.68. The Morgan fingerprint density at radius 1 is 1.28 bits per heavy atom. The summed E-state index contributed by atoms with van der Waals surface area (Å²) >= 11 is 7.51. The molecule has 0 aliphatic heterocycles. The Kier molecular flexibility index (Phi) is 7.28. The largest absolute Gasteiger partial charge is 0.397 e. The van der Waals surface area contributed by atoms with Crippen LogP contribution in [0.4, 0.5) is 15.8 Å². The maximum absolute atomic E-state index is 13.2. The van der Waals surface area contributed by atoms with Crippen molar-refractivity contribution in [3.63, 3.8) is 0 Å². The van der Waals surface area contributed by atoms with Gasteiger partial charge in [-0.25, -0.2) is 4.39 Å². The van der Waals surface area contributed by atoms with Gasteiger partial charge in [-0.1, -0.05) is 24.4 Å². The van der Waals surface area contributed by atoms with Gasteiger partial charge in [0.15, 0.2) is 0 Å². The Balaban J connectivity index is 2.25. The van der Waals surface area contributed by atoms with Crippen LogP contribution in [0.5, 0.6) is 0 Å². The van der Waals surface area contributed by atoms with Gasteiger partial charge in [0.1, 0.15) is 5.82 Å². The molecule has 0 radical (unpaired) electrons. The van der Waals surface area contributed by atoms with Gasteiger partial charge in [-0.2, -0.15) is 11.8 Å². The second kappa shape index (κ2) is 8.48. The lowest BCUT2D eigenvalue weighted by atomic mass is 10.2. The number of thioether (sulfide) groups is 1. The monoisotopic (exact) mass is 290 g/mol. The number of nitrogens with one attached hydrogen (secondary N) is 1. The zero-order chi connectivity index (χ0) is 13.4.